The van der Waals surface area contributed by atoms with Gasteiger partial charge < -0.3 is 8.83 Å². The molecule has 0 aliphatic carbocycles. The normalized spacial score (nSPS) is 10.9. The molecule has 0 aliphatic rings. The van der Waals surface area contributed by atoms with E-state index in [2.05, 4.69) is 20.4 Å². The zero-order valence-electron chi connectivity index (χ0n) is 12.8. The molecule has 0 bridgehead atoms. The number of aromatic nitrogens is 4. The zero-order chi connectivity index (χ0) is 17.1. The van der Waals surface area contributed by atoms with Crippen LogP contribution in [0.3, 0.4) is 0 Å². The van der Waals surface area contributed by atoms with Gasteiger partial charge in [0.1, 0.15) is 0 Å². The van der Waals surface area contributed by atoms with Gasteiger partial charge in [-0.1, -0.05) is 47.6 Å². The summed E-state index contributed by atoms with van der Waals surface area (Å²) < 4.78 is 11.3. The molecule has 0 atom stereocenters. The molecule has 25 heavy (non-hydrogen) atoms. The number of rotatable bonds is 5. The molecular weight excluding hydrogens is 360 g/mol. The van der Waals surface area contributed by atoms with Gasteiger partial charge in [-0.3, -0.25) is 0 Å². The fourth-order valence-corrected chi connectivity index (χ4v) is 2.93. The summed E-state index contributed by atoms with van der Waals surface area (Å²) in [5, 5.41) is 17.2. The Balaban J connectivity index is 1.43. The number of hydrogen-bond donors (Lipinski definition) is 0. The summed E-state index contributed by atoms with van der Waals surface area (Å²) in [4.78, 5) is 0. The van der Waals surface area contributed by atoms with E-state index in [4.69, 9.17) is 20.4 Å². The van der Waals surface area contributed by atoms with Crippen molar-refractivity contribution >= 4 is 23.4 Å². The maximum absolute atomic E-state index is 5.97. The molecule has 2 aromatic heterocycles. The van der Waals surface area contributed by atoms with Crippen molar-refractivity contribution in [3.05, 3.63) is 65.5 Å². The molecule has 2 aromatic carbocycles. The van der Waals surface area contributed by atoms with E-state index in [0.29, 0.717) is 33.7 Å². The number of benzene rings is 2. The molecule has 0 unspecified atom stereocenters. The fraction of sp³-hybridized carbons (Fsp3) is 0.0588. The first-order valence-corrected chi connectivity index (χ1v) is 8.74. The number of thioether (sulfide) groups is 1. The number of nitrogens with zero attached hydrogens (tertiary/aromatic N) is 4. The Hall–Kier alpha value is -2.64. The Morgan fingerprint density at radius 3 is 2.40 bits per heavy atom. The van der Waals surface area contributed by atoms with E-state index in [9.17, 15) is 0 Å². The second kappa shape index (κ2) is 7.08. The molecule has 0 spiro atoms. The van der Waals surface area contributed by atoms with Gasteiger partial charge in [0.15, 0.2) is 0 Å². The average molecular weight is 371 g/mol. The second-order valence-corrected chi connectivity index (χ2v) is 6.40. The highest BCUT2D eigenvalue weighted by Gasteiger charge is 2.13. The van der Waals surface area contributed by atoms with E-state index < -0.39 is 0 Å². The molecule has 6 nitrogen and oxygen atoms in total. The summed E-state index contributed by atoms with van der Waals surface area (Å²) in [6.07, 6.45) is 0. The molecule has 4 aromatic rings. The third-order valence-electron chi connectivity index (χ3n) is 3.28. The lowest BCUT2D eigenvalue weighted by atomic mass is 10.2. The Bertz CT molecular complexity index is 987. The minimum atomic E-state index is 0.425. The molecule has 0 radical (unpaired) electrons. The SMILES string of the molecule is Clc1cccc(-c2nnc(CSc3nnc(-c4ccccc4)o3)o2)c1. The van der Waals surface area contributed by atoms with Crippen molar-refractivity contribution in [3.63, 3.8) is 0 Å². The van der Waals surface area contributed by atoms with Gasteiger partial charge in [-0.2, -0.15) is 0 Å². The molecule has 0 N–H and O–H groups in total. The summed E-state index contributed by atoms with van der Waals surface area (Å²) in [6, 6.07) is 16.9. The van der Waals surface area contributed by atoms with Crippen LogP contribution in [0, 0.1) is 0 Å². The number of halogens is 1. The standard InChI is InChI=1S/C17H11ClN4O2S/c18-13-8-4-7-12(9-13)16-20-19-14(23-16)10-25-17-22-21-15(24-17)11-5-2-1-3-6-11/h1-9H,10H2. The van der Waals surface area contributed by atoms with Crippen molar-refractivity contribution in [2.75, 3.05) is 0 Å². The Morgan fingerprint density at radius 2 is 1.56 bits per heavy atom. The molecule has 2 heterocycles. The molecule has 4 rings (SSSR count). The second-order valence-electron chi connectivity index (χ2n) is 5.04. The Kier molecular flexibility index (Phi) is 4.49. The summed E-state index contributed by atoms with van der Waals surface area (Å²) in [5.74, 6) is 1.81. The lowest BCUT2D eigenvalue weighted by Gasteiger charge is -1.95. The minimum Gasteiger partial charge on any atom is -0.420 e. The lowest BCUT2D eigenvalue weighted by molar-refractivity contribution is 0.464. The third-order valence-corrected chi connectivity index (χ3v) is 4.32. The maximum atomic E-state index is 5.97. The van der Waals surface area contributed by atoms with Crippen LogP contribution in [0.2, 0.25) is 5.02 Å². The molecule has 0 saturated heterocycles. The topological polar surface area (TPSA) is 77.8 Å². The highest BCUT2D eigenvalue weighted by molar-refractivity contribution is 7.98. The van der Waals surface area contributed by atoms with Gasteiger partial charge >= 0.3 is 0 Å². The molecule has 8 heteroatoms. The van der Waals surface area contributed by atoms with Crippen LogP contribution in [0.4, 0.5) is 0 Å². The van der Waals surface area contributed by atoms with Gasteiger partial charge in [0, 0.05) is 16.1 Å². The first-order chi connectivity index (χ1) is 12.3. The van der Waals surface area contributed by atoms with Gasteiger partial charge in [0.2, 0.25) is 17.7 Å². The van der Waals surface area contributed by atoms with Crippen molar-refractivity contribution < 1.29 is 8.83 Å². The van der Waals surface area contributed by atoms with Crippen molar-refractivity contribution in [3.8, 4) is 22.9 Å². The van der Waals surface area contributed by atoms with Crippen molar-refractivity contribution in [1.29, 1.82) is 0 Å². The summed E-state index contributed by atoms with van der Waals surface area (Å²) in [5.41, 5.74) is 1.66. The number of hydrogen-bond acceptors (Lipinski definition) is 7. The predicted molar refractivity (Wildman–Crippen MR) is 94.0 cm³/mol. The summed E-state index contributed by atoms with van der Waals surface area (Å²) in [6.45, 7) is 0. The van der Waals surface area contributed by atoms with E-state index in [1.54, 1.807) is 12.1 Å². The van der Waals surface area contributed by atoms with Crippen LogP contribution >= 0.6 is 23.4 Å². The molecule has 124 valence electrons. The van der Waals surface area contributed by atoms with Gasteiger partial charge in [-0.15, -0.1) is 20.4 Å². The lowest BCUT2D eigenvalue weighted by Crippen LogP contribution is -1.80. The quantitative estimate of drug-likeness (QED) is 0.470. The predicted octanol–water partition coefficient (Wildman–Crippen LogP) is 4.73. The third kappa shape index (κ3) is 3.72. The van der Waals surface area contributed by atoms with Crippen molar-refractivity contribution in [2.24, 2.45) is 0 Å². The first-order valence-electron chi connectivity index (χ1n) is 7.38. The van der Waals surface area contributed by atoms with Gasteiger partial charge in [-0.05, 0) is 30.3 Å². The van der Waals surface area contributed by atoms with Crippen LogP contribution in [-0.2, 0) is 5.75 Å². The van der Waals surface area contributed by atoms with Gasteiger partial charge in [-0.25, -0.2) is 0 Å². The van der Waals surface area contributed by atoms with Crippen LogP contribution in [0.15, 0.2) is 68.7 Å². The molecular formula is C17H11ClN4O2S. The van der Waals surface area contributed by atoms with Crippen molar-refractivity contribution in [1.82, 2.24) is 20.4 Å². The molecule has 0 saturated carbocycles. The highest BCUT2D eigenvalue weighted by Crippen LogP contribution is 2.27. The monoisotopic (exact) mass is 370 g/mol. The summed E-state index contributed by atoms with van der Waals surface area (Å²) in [7, 11) is 0. The van der Waals surface area contributed by atoms with E-state index in [1.807, 2.05) is 42.5 Å². The van der Waals surface area contributed by atoms with Crippen LogP contribution in [0.1, 0.15) is 5.89 Å². The largest absolute Gasteiger partial charge is 0.420 e. The van der Waals surface area contributed by atoms with E-state index in [0.717, 1.165) is 11.1 Å². The molecule has 0 aliphatic heterocycles. The maximum Gasteiger partial charge on any atom is 0.277 e. The molecule has 0 amide bonds. The average Bonchev–Trinajstić information content (AvgIpc) is 3.30. The highest BCUT2D eigenvalue weighted by atomic mass is 35.5. The van der Waals surface area contributed by atoms with E-state index >= 15 is 0 Å². The first kappa shape index (κ1) is 15.9. The van der Waals surface area contributed by atoms with Crippen LogP contribution in [-0.4, -0.2) is 20.4 Å². The smallest absolute Gasteiger partial charge is 0.277 e. The van der Waals surface area contributed by atoms with Crippen LogP contribution < -0.4 is 0 Å². The Morgan fingerprint density at radius 1 is 0.800 bits per heavy atom. The fourth-order valence-electron chi connectivity index (χ4n) is 2.14. The summed E-state index contributed by atoms with van der Waals surface area (Å²) >= 11 is 7.31. The van der Waals surface area contributed by atoms with Gasteiger partial charge in [0.25, 0.3) is 5.22 Å². The van der Waals surface area contributed by atoms with Crippen LogP contribution in [0.25, 0.3) is 22.9 Å². The van der Waals surface area contributed by atoms with Crippen LogP contribution in [0.5, 0.6) is 0 Å². The van der Waals surface area contributed by atoms with Gasteiger partial charge in [0.05, 0.1) is 5.75 Å². The van der Waals surface area contributed by atoms with E-state index in [1.165, 1.54) is 11.8 Å². The minimum absolute atomic E-state index is 0.425. The van der Waals surface area contributed by atoms with Crippen molar-refractivity contribution in [2.45, 2.75) is 11.0 Å². The molecule has 0 fully saturated rings. The zero-order valence-corrected chi connectivity index (χ0v) is 14.4. The Labute approximate surface area is 152 Å². The van der Waals surface area contributed by atoms with E-state index in [-0.39, 0.29) is 0 Å².